The SMILES string of the molecule is Cc1ccc2nc(-c3ccc4nc(-c5ccccc5)c(-c5ccccc5)nc4c3)[nH]c2c1. The largest absolute Gasteiger partial charge is 0.338 e. The number of aryl methyl sites for hydroxylation is 1. The van der Waals surface area contributed by atoms with Gasteiger partial charge in [-0.1, -0.05) is 66.7 Å². The van der Waals surface area contributed by atoms with Gasteiger partial charge in [-0.05, 0) is 42.8 Å². The Morgan fingerprint density at radius 3 is 1.84 bits per heavy atom. The molecule has 6 aromatic rings. The fourth-order valence-electron chi connectivity index (χ4n) is 4.06. The zero-order valence-electron chi connectivity index (χ0n) is 17.6. The van der Waals surface area contributed by atoms with E-state index in [1.165, 1.54) is 5.56 Å². The molecule has 0 saturated carbocycles. The van der Waals surface area contributed by atoms with Gasteiger partial charge in [0, 0.05) is 16.7 Å². The van der Waals surface area contributed by atoms with Crippen LogP contribution in [0.3, 0.4) is 0 Å². The van der Waals surface area contributed by atoms with Gasteiger partial charge in [0.05, 0.1) is 33.5 Å². The molecule has 0 amide bonds. The first-order valence-electron chi connectivity index (χ1n) is 10.6. The molecule has 1 N–H and O–H groups in total. The first-order chi connectivity index (χ1) is 15.7. The normalized spacial score (nSPS) is 11.3. The molecule has 0 atom stereocenters. The number of nitrogens with zero attached hydrogens (tertiary/aromatic N) is 3. The predicted octanol–water partition coefficient (Wildman–Crippen LogP) is 6.82. The number of hydrogen-bond acceptors (Lipinski definition) is 3. The van der Waals surface area contributed by atoms with Gasteiger partial charge in [0.1, 0.15) is 5.82 Å². The highest BCUT2D eigenvalue weighted by Crippen LogP contribution is 2.32. The Morgan fingerprint density at radius 1 is 0.531 bits per heavy atom. The molecule has 4 nitrogen and oxygen atoms in total. The minimum atomic E-state index is 0.836. The standard InChI is InChI=1S/C28H20N4/c1-18-12-14-23-24(16-18)32-28(31-23)21-13-15-22-25(17-21)30-27(20-10-6-3-7-11-20)26(29-22)19-8-4-2-5-9-19/h2-17H,1H3,(H,31,32). The molecule has 0 spiro atoms. The number of imidazole rings is 1. The lowest BCUT2D eigenvalue weighted by molar-refractivity contribution is 1.28. The number of benzene rings is 4. The van der Waals surface area contributed by atoms with Crippen LogP contribution in [0.25, 0.3) is 56.0 Å². The second kappa shape index (κ2) is 7.43. The lowest BCUT2D eigenvalue weighted by Gasteiger charge is -2.11. The van der Waals surface area contributed by atoms with Gasteiger partial charge in [-0.3, -0.25) is 0 Å². The summed E-state index contributed by atoms with van der Waals surface area (Å²) in [7, 11) is 0. The zero-order valence-corrected chi connectivity index (χ0v) is 17.6. The summed E-state index contributed by atoms with van der Waals surface area (Å²) in [4.78, 5) is 18.3. The van der Waals surface area contributed by atoms with E-state index < -0.39 is 0 Å². The van der Waals surface area contributed by atoms with E-state index in [4.69, 9.17) is 15.0 Å². The molecule has 152 valence electrons. The lowest BCUT2D eigenvalue weighted by atomic mass is 10.0. The van der Waals surface area contributed by atoms with Crippen LogP contribution in [0.4, 0.5) is 0 Å². The fourth-order valence-corrected chi connectivity index (χ4v) is 4.06. The van der Waals surface area contributed by atoms with Gasteiger partial charge in [0.25, 0.3) is 0 Å². The predicted molar refractivity (Wildman–Crippen MR) is 130 cm³/mol. The second-order valence-corrected chi connectivity index (χ2v) is 7.96. The Kier molecular flexibility index (Phi) is 4.29. The van der Waals surface area contributed by atoms with Crippen LogP contribution in [0.1, 0.15) is 5.56 Å². The molecular weight excluding hydrogens is 392 g/mol. The molecule has 0 aliphatic heterocycles. The van der Waals surface area contributed by atoms with Crippen molar-refractivity contribution in [2.24, 2.45) is 0 Å². The third-order valence-corrected chi connectivity index (χ3v) is 5.67. The van der Waals surface area contributed by atoms with Gasteiger partial charge >= 0.3 is 0 Å². The van der Waals surface area contributed by atoms with E-state index in [2.05, 4.69) is 60.4 Å². The van der Waals surface area contributed by atoms with Crippen molar-refractivity contribution in [3.05, 3.63) is 103 Å². The van der Waals surface area contributed by atoms with Crippen molar-refractivity contribution >= 4 is 22.1 Å². The van der Waals surface area contributed by atoms with Gasteiger partial charge in [0.15, 0.2) is 0 Å². The van der Waals surface area contributed by atoms with E-state index in [1.54, 1.807) is 0 Å². The summed E-state index contributed by atoms with van der Waals surface area (Å²) in [5.74, 6) is 0.836. The second-order valence-electron chi connectivity index (χ2n) is 7.96. The van der Waals surface area contributed by atoms with E-state index >= 15 is 0 Å². The van der Waals surface area contributed by atoms with Crippen molar-refractivity contribution in [2.45, 2.75) is 6.92 Å². The highest BCUT2D eigenvalue weighted by Gasteiger charge is 2.14. The number of hydrogen-bond donors (Lipinski definition) is 1. The number of aromatic amines is 1. The summed E-state index contributed by atoms with van der Waals surface area (Å²) < 4.78 is 0. The van der Waals surface area contributed by atoms with Crippen LogP contribution < -0.4 is 0 Å². The van der Waals surface area contributed by atoms with Crippen molar-refractivity contribution in [3.63, 3.8) is 0 Å². The fraction of sp³-hybridized carbons (Fsp3) is 0.0357. The Labute approximate surface area is 185 Å². The lowest BCUT2D eigenvalue weighted by Crippen LogP contribution is -1.96. The third kappa shape index (κ3) is 3.22. The average molecular weight is 412 g/mol. The number of nitrogens with one attached hydrogen (secondary N) is 1. The molecule has 0 unspecified atom stereocenters. The molecule has 4 aromatic carbocycles. The summed E-state index contributed by atoms with van der Waals surface area (Å²) in [6.07, 6.45) is 0. The van der Waals surface area contributed by atoms with Crippen LogP contribution in [0.2, 0.25) is 0 Å². The Bertz CT molecular complexity index is 1570. The summed E-state index contributed by atoms with van der Waals surface area (Å²) in [6, 6.07) is 32.8. The van der Waals surface area contributed by atoms with Crippen molar-refractivity contribution in [3.8, 4) is 33.9 Å². The highest BCUT2D eigenvalue weighted by atomic mass is 14.9. The summed E-state index contributed by atoms with van der Waals surface area (Å²) in [6.45, 7) is 2.08. The Hall–Kier alpha value is -4.31. The van der Waals surface area contributed by atoms with Crippen molar-refractivity contribution in [1.29, 1.82) is 0 Å². The molecule has 0 radical (unpaired) electrons. The van der Waals surface area contributed by atoms with E-state index in [1.807, 2.05) is 48.5 Å². The molecule has 2 heterocycles. The summed E-state index contributed by atoms with van der Waals surface area (Å²) in [5, 5.41) is 0. The maximum absolute atomic E-state index is 5.07. The molecule has 32 heavy (non-hydrogen) atoms. The van der Waals surface area contributed by atoms with Crippen LogP contribution in [0.15, 0.2) is 97.1 Å². The van der Waals surface area contributed by atoms with Crippen molar-refractivity contribution < 1.29 is 0 Å². The average Bonchev–Trinajstić information content (AvgIpc) is 3.27. The van der Waals surface area contributed by atoms with Gasteiger partial charge in [-0.2, -0.15) is 0 Å². The van der Waals surface area contributed by atoms with Crippen molar-refractivity contribution in [2.75, 3.05) is 0 Å². The maximum atomic E-state index is 5.07. The molecule has 0 bridgehead atoms. The molecule has 6 rings (SSSR count). The van der Waals surface area contributed by atoms with E-state index in [0.717, 1.165) is 56.0 Å². The molecule has 0 fully saturated rings. The molecule has 0 aliphatic carbocycles. The highest BCUT2D eigenvalue weighted by molar-refractivity contribution is 5.89. The molecule has 4 heteroatoms. The molecule has 2 aromatic heterocycles. The topological polar surface area (TPSA) is 54.5 Å². The summed E-state index contributed by atoms with van der Waals surface area (Å²) >= 11 is 0. The molecule has 0 saturated heterocycles. The molecule has 0 aliphatic rings. The van der Waals surface area contributed by atoms with Crippen LogP contribution >= 0.6 is 0 Å². The monoisotopic (exact) mass is 412 g/mol. The Balaban J connectivity index is 1.55. The first-order valence-corrected chi connectivity index (χ1v) is 10.6. The van der Waals surface area contributed by atoms with E-state index in [9.17, 15) is 0 Å². The van der Waals surface area contributed by atoms with Gasteiger partial charge in [-0.15, -0.1) is 0 Å². The number of fused-ring (bicyclic) bond motifs is 2. The third-order valence-electron chi connectivity index (χ3n) is 5.67. The van der Waals surface area contributed by atoms with Crippen LogP contribution in [-0.2, 0) is 0 Å². The van der Waals surface area contributed by atoms with Gasteiger partial charge < -0.3 is 4.98 Å². The minimum Gasteiger partial charge on any atom is -0.338 e. The minimum absolute atomic E-state index is 0.836. The maximum Gasteiger partial charge on any atom is 0.138 e. The van der Waals surface area contributed by atoms with Crippen LogP contribution in [-0.4, -0.2) is 19.9 Å². The van der Waals surface area contributed by atoms with Gasteiger partial charge in [-0.25, -0.2) is 15.0 Å². The number of rotatable bonds is 3. The number of H-pyrrole nitrogens is 1. The smallest absolute Gasteiger partial charge is 0.138 e. The first kappa shape index (κ1) is 18.5. The van der Waals surface area contributed by atoms with Crippen LogP contribution in [0, 0.1) is 6.92 Å². The summed E-state index contributed by atoms with van der Waals surface area (Å²) in [5.41, 5.74) is 9.76. The number of aromatic nitrogens is 4. The quantitative estimate of drug-likeness (QED) is 0.347. The zero-order chi connectivity index (χ0) is 21.5. The Morgan fingerprint density at radius 2 is 1.16 bits per heavy atom. The van der Waals surface area contributed by atoms with Gasteiger partial charge in [0.2, 0.25) is 0 Å². The van der Waals surface area contributed by atoms with Crippen LogP contribution in [0.5, 0.6) is 0 Å². The molecular formula is C28H20N4. The van der Waals surface area contributed by atoms with E-state index in [0.29, 0.717) is 0 Å². The van der Waals surface area contributed by atoms with Crippen molar-refractivity contribution in [1.82, 2.24) is 19.9 Å². The van der Waals surface area contributed by atoms with E-state index in [-0.39, 0.29) is 0 Å².